The second kappa shape index (κ2) is 9.57. The Morgan fingerprint density at radius 3 is 2.72 bits per heavy atom. The van der Waals surface area contributed by atoms with Gasteiger partial charge in [-0.2, -0.15) is 0 Å². The summed E-state index contributed by atoms with van der Waals surface area (Å²) in [7, 11) is 0. The third-order valence-electron chi connectivity index (χ3n) is 5.45. The highest BCUT2D eigenvalue weighted by Crippen LogP contribution is 2.30. The topological polar surface area (TPSA) is 64.4 Å². The van der Waals surface area contributed by atoms with Crippen LogP contribution in [0.4, 0.5) is 5.69 Å². The van der Waals surface area contributed by atoms with Crippen molar-refractivity contribution in [2.45, 2.75) is 33.1 Å². The first-order valence-electron chi connectivity index (χ1n) is 10.7. The summed E-state index contributed by atoms with van der Waals surface area (Å²) in [5.74, 6) is 1.50. The number of oxazole rings is 1. The van der Waals surface area contributed by atoms with Crippen LogP contribution in [0.1, 0.15) is 49.0 Å². The Balaban J connectivity index is 1.56. The van der Waals surface area contributed by atoms with Crippen molar-refractivity contribution in [1.82, 2.24) is 4.98 Å². The summed E-state index contributed by atoms with van der Waals surface area (Å²) in [5, 5.41) is 2.94. The number of rotatable bonds is 7. The van der Waals surface area contributed by atoms with Crippen LogP contribution in [0, 0.1) is 0 Å². The Bertz CT molecular complexity index is 1270. The minimum Gasteiger partial charge on any atom is -0.493 e. The number of amides is 1. The predicted molar refractivity (Wildman–Crippen MR) is 131 cm³/mol. The molecule has 0 unspecified atom stereocenters. The van der Waals surface area contributed by atoms with Gasteiger partial charge in [-0.05, 0) is 89.3 Å². The number of benzene rings is 3. The standard InChI is InChI=1S/C26H25BrN2O3/c1-4-16(3)17-9-12-24-22(15-17)29-26(32-24)19-7-6-8-20(13-19)28-25(30)18-10-11-23(31-5-2)21(27)14-18/h6-16H,4-5H2,1-3H3,(H,28,30)/t16-/m0/s1. The van der Waals surface area contributed by atoms with Crippen LogP contribution in [0.5, 0.6) is 5.75 Å². The lowest BCUT2D eigenvalue weighted by Crippen LogP contribution is -2.12. The fraction of sp³-hybridized carbons (Fsp3) is 0.231. The van der Waals surface area contributed by atoms with E-state index in [9.17, 15) is 4.79 Å². The number of nitrogens with one attached hydrogen (secondary N) is 1. The molecule has 6 heteroatoms. The molecule has 0 saturated carbocycles. The smallest absolute Gasteiger partial charge is 0.255 e. The molecule has 4 aromatic rings. The molecule has 0 aliphatic heterocycles. The molecule has 0 saturated heterocycles. The number of anilines is 1. The molecule has 5 nitrogen and oxygen atoms in total. The van der Waals surface area contributed by atoms with Gasteiger partial charge in [0.2, 0.25) is 5.89 Å². The minimum atomic E-state index is -0.207. The monoisotopic (exact) mass is 492 g/mol. The Hall–Kier alpha value is -3.12. The van der Waals surface area contributed by atoms with Crippen molar-refractivity contribution in [2.75, 3.05) is 11.9 Å². The van der Waals surface area contributed by atoms with Crippen LogP contribution in [0.3, 0.4) is 0 Å². The van der Waals surface area contributed by atoms with Gasteiger partial charge >= 0.3 is 0 Å². The normalized spacial score (nSPS) is 12.0. The predicted octanol–water partition coefficient (Wildman–Crippen LogP) is 7.42. The fourth-order valence-electron chi connectivity index (χ4n) is 3.46. The van der Waals surface area contributed by atoms with Crippen LogP contribution in [0.25, 0.3) is 22.6 Å². The maximum absolute atomic E-state index is 12.7. The first kappa shape index (κ1) is 22.1. The Morgan fingerprint density at radius 1 is 1.12 bits per heavy atom. The summed E-state index contributed by atoms with van der Waals surface area (Å²) < 4.78 is 12.2. The second-order valence-electron chi connectivity index (χ2n) is 7.67. The van der Waals surface area contributed by atoms with E-state index >= 15 is 0 Å². The maximum Gasteiger partial charge on any atom is 0.255 e. The number of hydrogen-bond donors (Lipinski definition) is 1. The Labute approximate surface area is 195 Å². The van der Waals surface area contributed by atoms with E-state index in [4.69, 9.17) is 9.15 Å². The highest BCUT2D eigenvalue weighted by atomic mass is 79.9. The van der Waals surface area contributed by atoms with Crippen molar-refractivity contribution in [2.24, 2.45) is 0 Å². The van der Waals surface area contributed by atoms with Gasteiger partial charge in [0.1, 0.15) is 11.3 Å². The van der Waals surface area contributed by atoms with E-state index in [1.54, 1.807) is 18.2 Å². The minimum absolute atomic E-state index is 0.207. The number of ether oxygens (including phenoxy) is 1. The largest absolute Gasteiger partial charge is 0.493 e. The third-order valence-corrected chi connectivity index (χ3v) is 6.07. The van der Waals surface area contributed by atoms with Crippen molar-refractivity contribution < 1.29 is 13.9 Å². The Kier molecular flexibility index (Phi) is 6.61. The molecule has 0 aliphatic carbocycles. The van der Waals surface area contributed by atoms with Crippen LogP contribution in [0.15, 0.2) is 69.6 Å². The first-order chi connectivity index (χ1) is 15.5. The fourth-order valence-corrected chi connectivity index (χ4v) is 3.95. The van der Waals surface area contributed by atoms with Crippen molar-refractivity contribution in [3.8, 4) is 17.2 Å². The molecule has 0 radical (unpaired) electrons. The molecule has 0 bridgehead atoms. The highest BCUT2D eigenvalue weighted by molar-refractivity contribution is 9.10. The van der Waals surface area contributed by atoms with Gasteiger partial charge in [-0.25, -0.2) is 4.98 Å². The van der Waals surface area contributed by atoms with E-state index in [-0.39, 0.29) is 5.91 Å². The SMILES string of the molecule is CCOc1ccc(C(=O)Nc2cccc(-c3nc4cc([C@@H](C)CC)ccc4o3)c2)cc1Br. The number of hydrogen-bond acceptors (Lipinski definition) is 4. The molecule has 0 fully saturated rings. The number of halogens is 1. The number of nitrogens with zero attached hydrogens (tertiary/aromatic N) is 1. The summed E-state index contributed by atoms with van der Waals surface area (Å²) >= 11 is 3.45. The van der Waals surface area contributed by atoms with Crippen molar-refractivity contribution >= 4 is 38.6 Å². The van der Waals surface area contributed by atoms with Crippen LogP contribution in [0.2, 0.25) is 0 Å². The summed E-state index contributed by atoms with van der Waals surface area (Å²) in [6.45, 7) is 6.86. The van der Waals surface area contributed by atoms with Crippen LogP contribution >= 0.6 is 15.9 Å². The maximum atomic E-state index is 12.7. The molecule has 32 heavy (non-hydrogen) atoms. The third kappa shape index (κ3) is 4.70. The molecule has 3 aromatic carbocycles. The molecule has 1 heterocycles. The van der Waals surface area contributed by atoms with Crippen LogP contribution in [-0.4, -0.2) is 17.5 Å². The van der Waals surface area contributed by atoms with Gasteiger partial charge in [0.15, 0.2) is 5.58 Å². The van der Waals surface area contributed by atoms with Gasteiger partial charge < -0.3 is 14.5 Å². The van der Waals surface area contributed by atoms with Crippen LogP contribution in [-0.2, 0) is 0 Å². The highest BCUT2D eigenvalue weighted by Gasteiger charge is 2.13. The molecule has 4 rings (SSSR count). The lowest BCUT2D eigenvalue weighted by molar-refractivity contribution is 0.102. The summed E-state index contributed by atoms with van der Waals surface area (Å²) in [6.07, 6.45) is 1.07. The lowest BCUT2D eigenvalue weighted by atomic mass is 9.98. The van der Waals surface area contributed by atoms with E-state index in [1.165, 1.54) is 5.56 Å². The van der Waals surface area contributed by atoms with Gasteiger partial charge in [0, 0.05) is 16.8 Å². The molecule has 1 atom stereocenters. The molecule has 1 amide bonds. The zero-order chi connectivity index (χ0) is 22.7. The molecule has 0 aliphatic rings. The van der Waals surface area contributed by atoms with E-state index in [1.807, 2.05) is 37.3 Å². The van der Waals surface area contributed by atoms with Crippen LogP contribution < -0.4 is 10.1 Å². The van der Waals surface area contributed by atoms with Gasteiger partial charge in [-0.1, -0.05) is 26.0 Å². The zero-order valence-corrected chi connectivity index (χ0v) is 19.9. The Morgan fingerprint density at radius 2 is 1.97 bits per heavy atom. The molecule has 0 spiro atoms. The van der Waals surface area contributed by atoms with Gasteiger partial charge in [0.05, 0.1) is 11.1 Å². The van der Waals surface area contributed by atoms with E-state index in [0.29, 0.717) is 35.4 Å². The summed E-state index contributed by atoms with van der Waals surface area (Å²) in [6, 6.07) is 18.9. The van der Waals surface area contributed by atoms with Crippen molar-refractivity contribution in [1.29, 1.82) is 0 Å². The summed E-state index contributed by atoms with van der Waals surface area (Å²) in [5.41, 5.74) is 4.84. The van der Waals surface area contributed by atoms with Gasteiger partial charge in [-0.3, -0.25) is 4.79 Å². The molecule has 164 valence electrons. The van der Waals surface area contributed by atoms with E-state index < -0.39 is 0 Å². The molecular formula is C26H25BrN2O3. The van der Waals surface area contributed by atoms with E-state index in [0.717, 1.165) is 27.6 Å². The lowest BCUT2D eigenvalue weighted by Gasteiger charge is -2.09. The average Bonchev–Trinajstić information content (AvgIpc) is 3.23. The number of aromatic nitrogens is 1. The number of carbonyl (C=O) groups excluding carboxylic acids is 1. The van der Waals surface area contributed by atoms with Crippen molar-refractivity contribution in [3.63, 3.8) is 0 Å². The molecule has 1 aromatic heterocycles. The number of fused-ring (bicyclic) bond motifs is 1. The average molecular weight is 493 g/mol. The van der Waals surface area contributed by atoms with Crippen molar-refractivity contribution in [3.05, 3.63) is 76.3 Å². The second-order valence-corrected chi connectivity index (χ2v) is 8.52. The molecular weight excluding hydrogens is 468 g/mol. The number of carbonyl (C=O) groups is 1. The van der Waals surface area contributed by atoms with E-state index in [2.05, 4.69) is 52.2 Å². The zero-order valence-electron chi connectivity index (χ0n) is 18.3. The van der Waals surface area contributed by atoms with Gasteiger partial charge in [0.25, 0.3) is 5.91 Å². The summed E-state index contributed by atoms with van der Waals surface area (Å²) in [4.78, 5) is 17.4. The molecule has 1 N–H and O–H groups in total. The van der Waals surface area contributed by atoms with Gasteiger partial charge in [-0.15, -0.1) is 0 Å². The quantitative estimate of drug-likeness (QED) is 0.291. The first-order valence-corrected chi connectivity index (χ1v) is 11.5.